The molecule has 0 bridgehead atoms. The molecule has 0 saturated heterocycles. The third-order valence-corrected chi connectivity index (χ3v) is 11.7. The van der Waals surface area contributed by atoms with Gasteiger partial charge in [0, 0.05) is 49.6 Å². The highest BCUT2D eigenvalue weighted by molar-refractivity contribution is 6.26. The van der Waals surface area contributed by atoms with Crippen LogP contribution in [0.3, 0.4) is 0 Å². The van der Waals surface area contributed by atoms with E-state index in [1.807, 2.05) is 0 Å². The number of hydrogen-bond acceptors (Lipinski definition) is 2. The van der Waals surface area contributed by atoms with Gasteiger partial charge in [0.25, 0.3) is 0 Å². The van der Waals surface area contributed by atoms with Gasteiger partial charge in [0.05, 0.1) is 33.5 Å². The summed E-state index contributed by atoms with van der Waals surface area (Å²) < 4.78 is 4.84. The quantitative estimate of drug-likeness (QED) is 0.176. The van der Waals surface area contributed by atoms with Crippen LogP contribution < -0.4 is 0 Å². The van der Waals surface area contributed by atoms with Gasteiger partial charge in [-0.25, -0.2) is 9.97 Å². The van der Waals surface area contributed by atoms with E-state index >= 15 is 0 Å². The second-order valence-electron chi connectivity index (χ2n) is 15.0. The Hall–Kier alpha value is -7.82. The van der Waals surface area contributed by atoms with Crippen molar-refractivity contribution in [2.24, 2.45) is 0 Å². The van der Waals surface area contributed by atoms with E-state index in [1.54, 1.807) is 0 Å². The summed E-state index contributed by atoms with van der Waals surface area (Å²) in [4.78, 5) is 10.7. The molecule has 58 heavy (non-hydrogen) atoms. The standard InChI is InChI=1S/C54H34N4/c1-2-20-38(21-3-1)58-49-29-10-8-25-44(49)45-31-32-51-52(53(45)58)46-26-9-11-30-50(46)57(51)39-22-12-19-37(33-39)54-55-47(42-27-13-17-35-15-4-6-23-40(35)42)34-48(56-54)43-28-14-18-36-16-5-7-24-41(36)43/h1-34H. The zero-order chi connectivity index (χ0) is 38.2. The van der Waals surface area contributed by atoms with Crippen molar-refractivity contribution in [2.75, 3.05) is 0 Å². The Bertz CT molecular complexity index is 3470. The molecule has 0 unspecified atom stereocenters. The zero-order valence-electron chi connectivity index (χ0n) is 31.4. The van der Waals surface area contributed by atoms with E-state index in [9.17, 15) is 0 Å². The van der Waals surface area contributed by atoms with Crippen molar-refractivity contribution < 1.29 is 0 Å². The van der Waals surface area contributed by atoms with Gasteiger partial charge >= 0.3 is 0 Å². The molecule has 0 saturated carbocycles. The molecule has 12 aromatic rings. The van der Waals surface area contributed by atoms with Crippen molar-refractivity contribution >= 4 is 65.2 Å². The molecule has 0 aliphatic heterocycles. The SMILES string of the molecule is c1ccc(-n2c3ccccc3c3ccc4c(c5ccccc5n4-c4cccc(-c5nc(-c6cccc7ccccc67)cc(-c6cccc7ccccc67)n5)c4)c32)cc1. The van der Waals surface area contributed by atoms with E-state index in [0.717, 1.165) is 61.3 Å². The number of rotatable bonds is 5. The van der Waals surface area contributed by atoms with Gasteiger partial charge in [-0.15, -0.1) is 0 Å². The first-order chi connectivity index (χ1) is 28.8. The first kappa shape index (κ1) is 32.4. The van der Waals surface area contributed by atoms with Crippen molar-refractivity contribution in [1.29, 1.82) is 0 Å². The molecule has 3 heterocycles. The lowest BCUT2D eigenvalue weighted by atomic mass is 9.98. The molecule has 0 atom stereocenters. The van der Waals surface area contributed by atoms with E-state index in [0.29, 0.717) is 5.82 Å². The summed E-state index contributed by atoms with van der Waals surface area (Å²) in [6.07, 6.45) is 0. The molecule has 0 N–H and O–H groups in total. The van der Waals surface area contributed by atoms with Crippen LogP contribution in [-0.4, -0.2) is 19.1 Å². The van der Waals surface area contributed by atoms with Crippen molar-refractivity contribution in [1.82, 2.24) is 19.1 Å². The summed E-state index contributed by atoms with van der Waals surface area (Å²) in [5.41, 5.74) is 11.8. The second-order valence-corrected chi connectivity index (χ2v) is 15.0. The van der Waals surface area contributed by atoms with Gasteiger partial charge in [0.15, 0.2) is 5.82 Å². The van der Waals surface area contributed by atoms with E-state index in [1.165, 1.54) is 43.4 Å². The number of benzene rings is 9. The average molecular weight is 739 g/mol. The average Bonchev–Trinajstić information content (AvgIpc) is 3.82. The molecule has 4 nitrogen and oxygen atoms in total. The first-order valence-corrected chi connectivity index (χ1v) is 19.8. The van der Waals surface area contributed by atoms with Crippen LogP contribution in [0.1, 0.15) is 0 Å². The molecule has 0 fully saturated rings. The number of para-hydroxylation sites is 3. The van der Waals surface area contributed by atoms with Crippen LogP contribution >= 0.6 is 0 Å². The van der Waals surface area contributed by atoms with Gasteiger partial charge in [-0.1, -0.05) is 158 Å². The van der Waals surface area contributed by atoms with E-state index in [4.69, 9.17) is 9.97 Å². The van der Waals surface area contributed by atoms with Crippen LogP contribution in [0.25, 0.3) is 110 Å². The molecule has 0 aliphatic carbocycles. The minimum atomic E-state index is 0.683. The molecule has 0 spiro atoms. The van der Waals surface area contributed by atoms with Crippen molar-refractivity contribution in [3.8, 4) is 45.3 Å². The van der Waals surface area contributed by atoms with Gasteiger partial charge in [0.1, 0.15) is 0 Å². The minimum absolute atomic E-state index is 0.683. The Labute approximate surface area is 334 Å². The minimum Gasteiger partial charge on any atom is -0.309 e. The van der Waals surface area contributed by atoms with Crippen LogP contribution in [0.15, 0.2) is 206 Å². The van der Waals surface area contributed by atoms with Crippen LogP contribution in [0.5, 0.6) is 0 Å². The molecule has 9 aromatic carbocycles. The second kappa shape index (κ2) is 12.9. The van der Waals surface area contributed by atoms with Gasteiger partial charge in [-0.2, -0.15) is 0 Å². The lowest BCUT2D eigenvalue weighted by Gasteiger charge is -2.14. The van der Waals surface area contributed by atoms with Crippen molar-refractivity contribution in [3.63, 3.8) is 0 Å². The molecule has 4 heteroatoms. The topological polar surface area (TPSA) is 35.6 Å². The smallest absolute Gasteiger partial charge is 0.160 e. The Morgan fingerprint density at radius 1 is 0.328 bits per heavy atom. The molecule has 3 aromatic heterocycles. The molecular formula is C54H34N4. The third kappa shape index (κ3) is 4.95. The maximum absolute atomic E-state index is 5.36. The summed E-state index contributed by atoms with van der Waals surface area (Å²) in [6.45, 7) is 0. The summed E-state index contributed by atoms with van der Waals surface area (Å²) in [7, 11) is 0. The fourth-order valence-corrected chi connectivity index (χ4v) is 9.17. The fourth-order valence-electron chi connectivity index (χ4n) is 9.17. The number of nitrogens with zero attached hydrogens (tertiary/aromatic N) is 4. The van der Waals surface area contributed by atoms with Crippen molar-refractivity contribution in [3.05, 3.63) is 206 Å². The Kier molecular flexibility index (Phi) is 7.20. The van der Waals surface area contributed by atoms with Gasteiger partial charge in [-0.05, 0) is 70.1 Å². The van der Waals surface area contributed by atoms with E-state index < -0.39 is 0 Å². The Morgan fingerprint density at radius 2 is 0.862 bits per heavy atom. The number of hydrogen-bond donors (Lipinski definition) is 0. The normalized spacial score (nSPS) is 11.8. The molecule has 270 valence electrons. The summed E-state index contributed by atoms with van der Waals surface area (Å²) in [6, 6.07) is 73.7. The third-order valence-electron chi connectivity index (χ3n) is 11.7. The number of fused-ring (bicyclic) bond motifs is 9. The van der Waals surface area contributed by atoms with Crippen LogP contribution in [0.2, 0.25) is 0 Å². The largest absolute Gasteiger partial charge is 0.309 e. The highest BCUT2D eigenvalue weighted by atomic mass is 15.0. The maximum atomic E-state index is 5.36. The van der Waals surface area contributed by atoms with Gasteiger partial charge in [0.2, 0.25) is 0 Å². The van der Waals surface area contributed by atoms with E-state index in [2.05, 4.69) is 215 Å². The lowest BCUT2D eigenvalue weighted by Crippen LogP contribution is -1.99. The van der Waals surface area contributed by atoms with Gasteiger partial charge in [-0.3, -0.25) is 0 Å². The molecule has 12 rings (SSSR count). The van der Waals surface area contributed by atoms with Crippen molar-refractivity contribution in [2.45, 2.75) is 0 Å². The first-order valence-electron chi connectivity index (χ1n) is 19.8. The maximum Gasteiger partial charge on any atom is 0.160 e. The van der Waals surface area contributed by atoms with Crippen LogP contribution in [0, 0.1) is 0 Å². The zero-order valence-corrected chi connectivity index (χ0v) is 31.4. The monoisotopic (exact) mass is 738 g/mol. The molecule has 0 radical (unpaired) electrons. The number of aromatic nitrogens is 4. The summed E-state index contributed by atoms with van der Waals surface area (Å²) >= 11 is 0. The highest BCUT2D eigenvalue weighted by Gasteiger charge is 2.21. The van der Waals surface area contributed by atoms with Gasteiger partial charge < -0.3 is 9.13 Å². The molecule has 0 amide bonds. The Morgan fingerprint density at radius 3 is 1.55 bits per heavy atom. The van der Waals surface area contributed by atoms with E-state index in [-0.39, 0.29) is 0 Å². The highest BCUT2D eigenvalue weighted by Crippen LogP contribution is 2.42. The molecular weight excluding hydrogens is 705 g/mol. The summed E-state index contributed by atoms with van der Waals surface area (Å²) in [5, 5.41) is 9.61. The molecule has 0 aliphatic rings. The van der Waals surface area contributed by atoms with Crippen LogP contribution in [-0.2, 0) is 0 Å². The Balaban J connectivity index is 1.11. The fraction of sp³-hybridized carbons (Fsp3) is 0. The predicted molar refractivity (Wildman–Crippen MR) is 242 cm³/mol. The van der Waals surface area contributed by atoms with Crippen LogP contribution in [0.4, 0.5) is 0 Å². The summed E-state index contributed by atoms with van der Waals surface area (Å²) in [5.74, 6) is 0.683. The predicted octanol–water partition coefficient (Wildman–Crippen LogP) is 14.0. The lowest BCUT2D eigenvalue weighted by molar-refractivity contribution is 1.16.